The van der Waals surface area contributed by atoms with Crippen LogP contribution in [0.4, 0.5) is 0 Å². The van der Waals surface area contributed by atoms with E-state index in [4.69, 9.17) is 10.00 Å². The largest absolute Gasteiger partial charge is 0.458 e. The van der Waals surface area contributed by atoms with Crippen molar-refractivity contribution in [2.75, 3.05) is 0 Å². The number of para-hydroxylation sites is 1. The van der Waals surface area contributed by atoms with Gasteiger partial charge in [-0.3, -0.25) is 0 Å². The van der Waals surface area contributed by atoms with Gasteiger partial charge in [0.2, 0.25) is 5.79 Å². The highest BCUT2D eigenvalue weighted by Gasteiger charge is 2.36. The first-order valence-corrected chi connectivity index (χ1v) is 5.86. The maximum Gasteiger partial charge on any atom is 0.235 e. The van der Waals surface area contributed by atoms with Gasteiger partial charge in [-0.15, -0.1) is 0 Å². The van der Waals surface area contributed by atoms with Gasteiger partial charge in [0, 0.05) is 6.42 Å². The first kappa shape index (κ1) is 12.4. The molecule has 1 aliphatic rings. The summed E-state index contributed by atoms with van der Waals surface area (Å²) in [4.78, 5) is 0. The fraction of sp³-hybridized carbons (Fsp3) is 0.267. The Morgan fingerprint density at radius 3 is 2.89 bits per heavy atom. The minimum atomic E-state index is -1.45. The fourth-order valence-corrected chi connectivity index (χ4v) is 1.92. The predicted octanol–water partition coefficient (Wildman–Crippen LogP) is 2.72. The average Bonchev–Trinajstić information content (AvgIpc) is 2.36. The van der Waals surface area contributed by atoms with Crippen LogP contribution in [0.3, 0.4) is 0 Å². The van der Waals surface area contributed by atoms with Crippen molar-refractivity contribution in [2.45, 2.75) is 19.1 Å². The molecular weight excluding hydrogens is 226 g/mol. The fourth-order valence-electron chi connectivity index (χ4n) is 1.92. The zero-order chi connectivity index (χ0) is 13.0. The third-order valence-corrected chi connectivity index (χ3v) is 3.00. The van der Waals surface area contributed by atoms with Gasteiger partial charge in [-0.05, 0) is 24.6 Å². The molecule has 0 amide bonds. The standard InChI is InChI=1S/C15H15NO2/c1-12-6-2-3-8-14(12)18-15(17)10-5-4-7-13(15)9-11-16/h2-8,10,13,17H,9H2,1H3. The Labute approximate surface area is 107 Å². The van der Waals surface area contributed by atoms with Crippen LogP contribution < -0.4 is 4.74 Å². The Hall–Kier alpha value is -2.05. The number of aryl methyl sites for hydroxylation is 1. The predicted molar refractivity (Wildman–Crippen MR) is 68.8 cm³/mol. The van der Waals surface area contributed by atoms with Crippen LogP contribution in [0.25, 0.3) is 0 Å². The molecular formula is C15H15NO2. The molecule has 92 valence electrons. The number of benzene rings is 1. The van der Waals surface area contributed by atoms with E-state index in [-0.39, 0.29) is 12.3 Å². The first-order valence-electron chi connectivity index (χ1n) is 5.86. The lowest BCUT2D eigenvalue weighted by Crippen LogP contribution is -2.42. The molecule has 2 rings (SSSR count). The van der Waals surface area contributed by atoms with Gasteiger partial charge < -0.3 is 9.84 Å². The van der Waals surface area contributed by atoms with Crippen molar-refractivity contribution in [2.24, 2.45) is 5.92 Å². The number of rotatable bonds is 3. The van der Waals surface area contributed by atoms with Crippen molar-refractivity contribution >= 4 is 0 Å². The summed E-state index contributed by atoms with van der Waals surface area (Å²) in [6.07, 6.45) is 7.13. The van der Waals surface area contributed by atoms with Crippen LogP contribution in [-0.2, 0) is 0 Å². The van der Waals surface area contributed by atoms with Gasteiger partial charge in [-0.25, -0.2) is 0 Å². The van der Waals surface area contributed by atoms with E-state index >= 15 is 0 Å². The number of allylic oxidation sites excluding steroid dienone is 2. The van der Waals surface area contributed by atoms with Crippen LogP contribution in [0, 0.1) is 24.2 Å². The van der Waals surface area contributed by atoms with Crippen molar-refractivity contribution in [1.29, 1.82) is 5.26 Å². The van der Waals surface area contributed by atoms with E-state index in [2.05, 4.69) is 6.07 Å². The molecule has 0 saturated heterocycles. The Morgan fingerprint density at radius 1 is 1.39 bits per heavy atom. The van der Waals surface area contributed by atoms with E-state index in [1.54, 1.807) is 18.2 Å². The maximum atomic E-state index is 10.5. The molecule has 1 N–H and O–H groups in total. The highest BCUT2D eigenvalue weighted by atomic mass is 16.6. The summed E-state index contributed by atoms with van der Waals surface area (Å²) in [5.41, 5.74) is 0.949. The Morgan fingerprint density at radius 2 is 2.17 bits per heavy atom. The Balaban J connectivity index is 2.26. The Kier molecular flexibility index (Phi) is 3.50. The van der Waals surface area contributed by atoms with Crippen LogP contribution in [0.2, 0.25) is 0 Å². The van der Waals surface area contributed by atoms with Crippen LogP contribution in [0.5, 0.6) is 5.75 Å². The van der Waals surface area contributed by atoms with Crippen LogP contribution in [0.1, 0.15) is 12.0 Å². The summed E-state index contributed by atoms with van der Waals surface area (Å²) in [6.45, 7) is 1.92. The number of nitriles is 1. The number of hydrogen-bond donors (Lipinski definition) is 1. The molecule has 0 spiro atoms. The lowest BCUT2D eigenvalue weighted by molar-refractivity contribution is -0.125. The number of ether oxygens (including phenoxy) is 1. The first-order chi connectivity index (χ1) is 8.65. The van der Waals surface area contributed by atoms with Gasteiger partial charge in [0.05, 0.1) is 12.0 Å². The molecule has 0 saturated carbocycles. The maximum absolute atomic E-state index is 10.5. The summed E-state index contributed by atoms with van der Waals surface area (Å²) in [7, 11) is 0. The molecule has 18 heavy (non-hydrogen) atoms. The van der Waals surface area contributed by atoms with Gasteiger partial charge in [-0.1, -0.05) is 36.4 Å². The second-order valence-corrected chi connectivity index (χ2v) is 4.33. The second-order valence-electron chi connectivity index (χ2n) is 4.33. The summed E-state index contributed by atoms with van der Waals surface area (Å²) in [5, 5.41) is 19.3. The van der Waals surface area contributed by atoms with Crippen molar-refractivity contribution in [3.63, 3.8) is 0 Å². The van der Waals surface area contributed by atoms with Crippen molar-refractivity contribution in [3.05, 3.63) is 54.1 Å². The second kappa shape index (κ2) is 5.07. The monoisotopic (exact) mass is 241 g/mol. The molecule has 0 aliphatic heterocycles. The minimum absolute atomic E-state index is 0.212. The van der Waals surface area contributed by atoms with Gasteiger partial charge in [-0.2, -0.15) is 5.26 Å². The molecule has 0 heterocycles. The number of hydrogen-bond acceptors (Lipinski definition) is 3. The molecule has 1 aromatic rings. The molecule has 1 aromatic carbocycles. The molecule has 0 fully saturated rings. The van der Waals surface area contributed by atoms with E-state index < -0.39 is 5.79 Å². The lowest BCUT2D eigenvalue weighted by atomic mass is 9.91. The van der Waals surface area contributed by atoms with E-state index in [9.17, 15) is 5.11 Å². The van der Waals surface area contributed by atoms with Crippen LogP contribution in [0.15, 0.2) is 48.6 Å². The van der Waals surface area contributed by atoms with Crippen molar-refractivity contribution in [3.8, 4) is 11.8 Å². The minimum Gasteiger partial charge on any atom is -0.458 e. The Bertz CT molecular complexity index is 528. The van der Waals surface area contributed by atoms with E-state index in [0.717, 1.165) is 5.56 Å². The van der Waals surface area contributed by atoms with Gasteiger partial charge >= 0.3 is 0 Å². The quantitative estimate of drug-likeness (QED) is 0.828. The van der Waals surface area contributed by atoms with Crippen molar-refractivity contribution in [1.82, 2.24) is 0 Å². The molecule has 0 bridgehead atoms. The zero-order valence-corrected chi connectivity index (χ0v) is 10.2. The van der Waals surface area contributed by atoms with Crippen LogP contribution in [-0.4, -0.2) is 10.9 Å². The molecule has 3 nitrogen and oxygen atoms in total. The van der Waals surface area contributed by atoms with E-state index in [1.807, 2.05) is 37.3 Å². The number of nitrogens with zero attached hydrogens (tertiary/aromatic N) is 1. The highest BCUT2D eigenvalue weighted by Crippen LogP contribution is 2.31. The smallest absolute Gasteiger partial charge is 0.235 e. The van der Waals surface area contributed by atoms with Gasteiger partial charge in [0.25, 0.3) is 0 Å². The summed E-state index contributed by atoms with van der Waals surface area (Å²) in [5.74, 6) is -1.17. The summed E-state index contributed by atoms with van der Waals surface area (Å²) in [6, 6.07) is 9.56. The molecule has 0 radical (unpaired) electrons. The van der Waals surface area contributed by atoms with Gasteiger partial charge in [0.15, 0.2) is 0 Å². The van der Waals surface area contributed by atoms with Gasteiger partial charge in [0.1, 0.15) is 5.75 Å². The highest BCUT2D eigenvalue weighted by molar-refractivity contribution is 5.33. The molecule has 0 aromatic heterocycles. The summed E-state index contributed by atoms with van der Waals surface area (Å²) >= 11 is 0. The lowest BCUT2D eigenvalue weighted by Gasteiger charge is -2.33. The van der Waals surface area contributed by atoms with Crippen molar-refractivity contribution < 1.29 is 9.84 Å². The molecule has 2 atom stereocenters. The number of aliphatic hydroxyl groups is 1. The third-order valence-electron chi connectivity index (χ3n) is 3.00. The zero-order valence-electron chi connectivity index (χ0n) is 10.2. The molecule has 1 aliphatic carbocycles. The van der Waals surface area contributed by atoms with E-state index in [0.29, 0.717) is 5.75 Å². The topological polar surface area (TPSA) is 53.2 Å². The van der Waals surface area contributed by atoms with Crippen LogP contribution >= 0.6 is 0 Å². The average molecular weight is 241 g/mol. The third kappa shape index (κ3) is 2.44. The molecule has 2 unspecified atom stereocenters. The SMILES string of the molecule is Cc1ccccc1OC1(O)C=CC=CC1CC#N. The molecule has 3 heteroatoms. The van der Waals surface area contributed by atoms with E-state index in [1.165, 1.54) is 0 Å². The summed E-state index contributed by atoms with van der Waals surface area (Å²) < 4.78 is 5.71. The normalized spacial score (nSPS) is 25.7.